The van der Waals surface area contributed by atoms with Crippen molar-refractivity contribution in [3.63, 3.8) is 0 Å². The number of carbonyl (C=O) groups excluding carboxylic acids is 2. The number of nitrogens with one attached hydrogen (secondary N) is 1. The molecule has 0 saturated carbocycles. The zero-order chi connectivity index (χ0) is 52.9. The van der Waals surface area contributed by atoms with E-state index in [0.717, 1.165) is 51.4 Å². The molecule has 6 heteroatoms. The van der Waals surface area contributed by atoms with E-state index in [1.165, 1.54) is 283 Å². The minimum atomic E-state index is -0.668. The Labute approximate surface area is 456 Å². The van der Waals surface area contributed by atoms with Crippen molar-refractivity contribution in [2.75, 3.05) is 13.2 Å². The molecule has 0 saturated heterocycles. The maximum Gasteiger partial charge on any atom is 0.305 e. The largest absolute Gasteiger partial charge is 0.466 e. The van der Waals surface area contributed by atoms with Crippen LogP contribution in [0.4, 0.5) is 0 Å². The lowest BCUT2D eigenvalue weighted by atomic mass is 10.0. The molecule has 6 nitrogen and oxygen atoms in total. The van der Waals surface area contributed by atoms with Gasteiger partial charge < -0.3 is 20.3 Å². The summed E-state index contributed by atoms with van der Waals surface area (Å²) < 4.78 is 5.47. The summed E-state index contributed by atoms with van der Waals surface area (Å²) >= 11 is 0. The number of rotatable bonds is 62. The third-order valence-electron chi connectivity index (χ3n) is 15.5. The van der Waals surface area contributed by atoms with Gasteiger partial charge in [0.2, 0.25) is 5.91 Å². The number of allylic oxidation sites excluding steroid dienone is 4. The molecule has 73 heavy (non-hydrogen) atoms. The minimum Gasteiger partial charge on any atom is -0.466 e. The highest BCUT2D eigenvalue weighted by Gasteiger charge is 2.20. The second-order valence-electron chi connectivity index (χ2n) is 22.8. The van der Waals surface area contributed by atoms with Gasteiger partial charge in [0.05, 0.1) is 25.4 Å². The summed E-state index contributed by atoms with van der Waals surface area (Å²) in [5, 5.41) is 23.4. The molecule has 432 valence electrons. The van der Waals surface area contributed by atoms with Crippen LogP contribution in [0.15, 0.2) is 24.3 Å². The summed E-state index contributed by atoms with van der Waals surface area (Å²) in [4.78, 5) is 24.6. The van der Waals surface area contributed by atoms with Crippen LogP contribution >= 0.6 is 0 Å². The van der Waals surface area contributed by atoms with Crippen LogP contribution in [-0.2, 0) is 14.3 Å². The van der Waals surface area contributed by atoms with Crippen LogP contribution in [-0.4, -0.2) is 47.4 Å². The van der Waals surface area contributed by atoms with Crippen LogP contribution in [0, 0.1) is 0 Å². The van der Waals surface area contributed by atoms with Crippen LogP contribution in [0.25, 0.3) is 0 Å². The highest BCUT2D eigenvalue weighted by Crippen LogP contribution is 2.19. The van der Waals surface area contributed by atoms with E-state index < -0.39 is 12.1 Å². The molecular formula is C67H129NO5. The Kier molecular flexibility index (Phi) is 61.4. The predicted molar refractivity (Wildman–Crippen MR) is 320 cm³/mol. The van der Waals surface area contributed by atoms with Crippen LogP contribution in [0.5, 0.6) is 0 Å². The standard InChI is InChI=1S/C67H129NO5/c1-3-5-7-9-11-13-15-17-18-19-20-21-22-23-24-26-29-32-36-39-43-47-51-55-59-65(70)64(63-69)68-66(71)60-56-52-48-44-40-37-33-30-27-25-28-31-34-38-42-46-50-54-58-62-73-67(72)61-57-53-49-45-41-35-16-14-12-10-8-6-4-2/h8,10,14,16,64-65,69-70H,3-7,9,11-13,15,17-63H2,1-2H3,(H,68,71)/b10-8-,16-14-. The lowest BCUT2D eigenvalue weighted by Gasteiger charge is -2.22. The third-order valence-corrected chi connectivity index (χ3v) is 15.5. The number of carbonyl (C=O) groups is 2. The highest BCUT2D eigenvalue weighted by molar-refractivity contribution is 5.76. The molecule has 0 aromatic carbocycles. The first-order valence-corrected chi connectivity index (χ1v) is 33.1. The summed E-state index contributed by atoms with van der Waals surface area (Å²) in [5.41, 5.74) is 0. The Bertz CT molecular complexity index is 1140. The molecule has 0 radical (unpaired) electrons. The molecule has 0 bridgehead atoms. The summed E-state index contributed by atoms with van der Waals surface area (Å²) in [5.74, 6) is -0.0393. The van der Waals surface area contributed by atoms with Crippen molar-refractivity contribution >= 4 is 11.9 Å². The van der Waals surface area contributed by atoms with Crippen LogP contribution in [0.2, 0.25) is 0 Å². The monoisotopic (exact) mass is 1030 g/mol. The molecule has 0 aromatic rings. The number of aliphatic hydroxyl groups is 2. The Balaban J connectivity index is 3.40. The zero-order valence-electron chi connectivity index (χ0n) is 49.4. The van der Waals surface area contributed by atoms with Crippen molar-refractivity contribution in [1.82, 2.24) is 5.32 Å². The molecular weight excluding hydrogens is 899 g/mol. The van der Waals surface area contributed by atoms with Crippen molar-refractivity contribution in [3.05, 3.63) is 24.3 Å². The Morgan fingerprint density at radius 1 is 0.384 bits per heavy atom. The number of esters is 1. The lowest BCUT2D eigenvalue weighted by Crippen LogP contribution is -2.45. The summed E-state index contributed by atoms with van der Waals surface area (Å²) in [6.07, 6.45) is 77.7. The van der Waals surface area contributed by atoms with Gasteiger partial charge in [-0.25, -0.2) is 0 Å². The second-order valence-corrected chi connectivity index (χ2v) is 22.8. The molecule has 0 spiro atoms. The first-order chi connectivity index (χ1) is 36.0. The molecule has 0 aliphatic carbocycles. The fraction of sp³-hybridized carbons (Fsp3) is 0.910. The zero-order valence-corrected chi connectivity index (χ0v) is 49.4. The van der Waals surface area contributed by atoms with Crippen molar-refractivity contribution in [3.8, 4) is 0 Å². The number of hydrogen-bond acceptors (Lipinski definition) is 5. The van der Waals surface area contributed by atoms with E-state index in [4.69, 9.17) is 4.74 Å². The molecule has 0 rings (SSSR count). The molecule has 0 aromatic heterocycles. The van der Waals surface area contributed by atoms with Gasteiger partial charge in [0, 0.05) is 12.8 Å². The van der Waals surface area contributed by atoms with E-state index >= 15 is 0 Å². The highest BCUT2D eigenvalue weighted by atomic mass is 16.5. The molecule has 0 heterocycles. The normalized spacial score (nSPS) is 12.7. The third kappa shape index (κ3) is 59.4. The topological polar surface area (TPSA) is 95.9 Å². The molecule has 2 unspecified atom stereocenters. The van der Waals surface area contributed by atoms with Gasteiger partial charge in [-0.05, 0) is 51.4 Å². The molecule has 0 aliphatic rings. The van der Waals surface area contributed by atoms with E-state index in [2.05, 4.69) is 43.5 Å². The van der Waals surface area contributed by atoms with E-state index in [0.29, 0.717) is 25.9 Å². The lowest BCUT2D eigenvalue weighted by molar-refractivity contribution is -0.143. The van der Waals surface area contributed by atoms with Crippen molar-refractivity contribution in [1.29, 1.82) is 0 Å². The maximum atomic E-state index is 12.5. The maximum absolute atomic E-state index is 12.5. The van der Waals surface area contributed by atoms with Gasteiger partial charge in [-0.15, -0.1) is 0 Å². The number of aliphatic hydroxyl groups excluding tert-OH is 2. The van der Waals surface area contributed by atoms with Gasteiger partial charge in [0.1, 0.15) is 0 Å². The smallest absolute Gasteiger partial charge is 0.305 e. The number of hydrogen-bond donors (Lipinski definition) is 3. The number of amides is 1. The Morgan fingerprint density at radius 3 is 1.10 bits per heavy atom. The summed E-state index contributed by atoms with van der Waals surface area (Å²) in [7, 11) is 0. The fourth-order valence-corrected chi connectivity index (χ4v) is 10.4. The average Bonchev–Trinajstić information content (AvgIpc) is 3.39. The minimum absolute atomic E-state index is 0.00541. The van der Waals surface area contributed by atoms with Gasteiger partial charge in [0.25, 0.3) is 0 Å². The van der Waals surface area contributed by atoms with Gasteiger partial charge in [0.15, 0.2) is 0 Å². The SMILES string of the molecule is CCC/C=C\C/C=C\CCCCCCCC(=O)OCCCCCCCCCCCCCCCCCCCCCC(=O)NC(CO)C(O)CCCCCCCCCCCCCCCCCCCCCCCCCC. The second kappa shape index (κ2) is 62.9. The first kappa shape index (κ1) is 71.3. The van der Waals surface area contributed by atoms with E-state index in [1.807, 2.05) is 0 Å². The van der Waals surface area contributed by atoms with E-state index in [-0.39, 0.29) is 18.5 Å². The van der Waals surface area contributed by atoms with Crippen LogP contribution in [0.1, 0.15) is 367 Å². The van der Waals surface area contributed by atoms with Crippen molar-refractivity contribution in [2.45, 2.75) is 379 Å². The quantitative estimate of drug-likeness (QED) is 0.0320. The number of unbranched alkanes of at least 4 members (excludes halogenated alkanes) is 47. The van der Waals surface area contributed by atoms with E-state index in [1.54, 1.807) is 0 Å². The van der Waals surface area contributed by atoms with E-state index in [9.17, 15) is 19.8 Å². The molecule has 0 fully saturated rings. The summed E-state index contributed by atoms with van der Waals surface area (Å²) in [6.45, 7) is 4.91. The van der Waals surface area contributed by atoms with Gasteiger partial charge in [-0.2, -0.15) is 0 Å². The Hall–Kier alpha value is -1.66. The molecule has 0 aliphatic heterocycles. The van der Waals surface area contributed by atoms with Crippen molar-refractivity contribution < 1.29 is 24.5 Å². The molecule has 3 N–H and O–H groups in total. The van der Waals surface area contributed by atoms with Gasteiger partial charge >= 0.3 is 5.97 Å². The fourth-order valence-electron chi connectivity index (χ4n) is 10.4. The average molecular weight is 1030 g/mol. The number of ether oxygens (including phenoxy) is 1. The first-order valence-electron chi connectivity index (χ1n) is 33.1. The van der Waals surface area contributed by atoms with Crippen LogP contribution < -0.4 is 5.32 Å². The van der Waals surface area contributed by atoms with Crippen LogP contribution in [0.3, 0.4) is 0 Å². The molecule has 2 atom stereocenters. The molecule has 1 amide bonds. The van der Waals surface area contributed by atoms with Gasteiger partial charge in [-0.3, -0.25) is 9.59 Å². The van der Waals surface area contributed by atoms with Gasteiger partial charge in [-0.1, -0.05) is 327 Å². The predicted octanol–water partition coefficient (Wildman–Crippen LogP) is 21.0. The summed E-state index contributed by atoms with van der Waals surface area (Å²) in [6, 6.07) is -0.545. The van der Waals surface area contributed by atoms with Crippen molar-refractivity contribution in [2.24, 2.45) is 0 Å². The Morgan fingerprint density at radius 2 is 0.712 bits per heavy atom.